The predicted molar refractivity (Wildman–Crippen MR) is 71.4 cm³/mol. The second-order valence-corrected chi connectivity index (χ2v) is 4.63. The first kappa shape index (κ1) is 11.7. The molecule has 1 heterocycles. The Morgan fingerprint density at radius 2 is 1.26 bits per heavy atom. The molecular weight excluding hydrogens is 238 g/mol. The number of benzene rings is 2. The molecule has 1 fully saturated rings. The molecule has 1 amide bonds. The maximum Gasteiger partial charge on any atom is 0.228 e. The lowest BCUT2D eigenvalue weighted by Gasteiger charge is -2.28. The van der Waals surface area contributed by atoms with Crippen molar-refractivity contribution in [2.24, 2.45) is 0 Å². The third-order valence-corrected chi connectivity index (χ3v) is 3.48. The van der Waals surface area contributed by atoms with Gasteiger partial charge in [-0.25, -0.2) is 0 Å². The summed E-state index contributed by atoms with van der Waals surface area (Å²) in [6, 6.07) is 18.8. The van der Waals surface area contributed by atoms with E-state index in [2.05, 4.69) is 5.32 Å². The van der Waals surface area contributed by atoms with Crippen LogP contribution in [-0.2, 0) is 15.1 Å². The van der Waals surface area contributed by atoms with Crippen LogP contribution in [0.1, 0.15) is 17.5 Å². The molecule has 3 heteroatoms. The van der Waals surface area contributed by atoms with E-state index in [0.717, 1.165) is 11.1 Å². The van der Waals surface area contributed by atoms with E-state index in [1.54, 1.807) is 0 Å². The first-order valence-electron chi connectivity index (χ1n) is 6.19. The highest BCUT2D eigenvalue weighted by molar-refractivity contribution is 6.12. The Morgan fingerprint density at radius 3 is 1.63 bits per heavy atom. The Kier molecular flexibility index (Phi) is 2.67. The van der Waals surface area contributed by atoms with Gasteiger partial charge in [-0.15, -0.1) is 0 Å². The number of carbonyl (C=O) groups excluding carboxylic acids is 2. The lowest BCUT2D eigenvalue weighted by Crippen LogP contribution is -2.44. The number of rotatable bonds is 2. The van der Waals surface area contributed by atoms with Gasteiger partial charge >= 0.3 is 0 Å². The minimum Gasteiger partial charge on any atom is -0.336 e. The molecule has 0 bridgehead atoms. The summed E-state index contributed by atoms with van der Waals surface area (Å²) in [6.45, 7) is 0. The summed E-state index contributed by atoms with van der Waals surface area (Å²) in [5, 5.41) is 2.86. The molecule has 0 atom stereocenters. The maximum absolute atomic E-state index is 12.4. The summed E-state index contributed by atoms with van der Waals surface area (Å²) >= 11 is 0. The summed E-state index contributed by atoms with van der Waals surface area (Å²) in [7, 11) is 0. The molecule has 2 aromatic carbocycles. The molecule has 0 saturated carbocycles. The fourth-order valence-corrected chi connectivity index (χ4v) is 2.61. The average molecular weight is 251 g/mol. The zero-order valence-corrected chi connectivity index (χ0v) is 10.3. The predicted octanol–water partition coefficient (Wildman–Crippen LogP) is 2.02. The third kappa shape index (κ3) is 1.74. The first-order valence-corrected chi connectivity index (χ1v) is 6.19. The van der Waals surface area contributed by atoms with Gasteiger partial charge in [0.15, 0.2) is 11.3 Å². The van der Waals surface area contributed by atoms with Gasteiger partial charge in [-0.3, -0.25) is 9.59 Å². The van der Waals surface area contributed by atoms with Crippen molar-refractivity contribution in [1.82, 2.24) is 5.32 Å². The van der Waals surface area contributed by atoms with Crippen molar-refractivity contribution < 1.29 is 9.59 Å². The molecule has 3 nitrogen and oxygen atoms in total. The third-order valence-electron chi connectivity index (χ3n) is 3.48. The Bertz CT molecular complexity index is 580. The number of hydrogen-bond acceptors (Lipinski definition) is 2. The molecule has 1 aliphatic heterocycles. The summed E-state index contributed by atoms with van der Waals surface area (Å²) in [6.07, 6.45) is -0.0657. The number of nitrogens with one attached hydrogen (secondary N) is 1. The van der Waals surface area contributed by atoms with E-state index < -0.39 is 5.54 Å². The van der Waals surface area contributed by atoms with Crippen LogP contribution < -0.4 is 5.32 Å². The second kappa shape index (κ2) is 4.35. The van der Waals surface area contributed by atoms with Crippen LogP contribution in [0.5, 0.6) is 0 Å². The number of carbonyl (C=O) groups is 2. The standard InChI is InChI=1S/C16H13NO2/c18-14-11-15(19)17-16(14,12-7-3-1-4-8-12)13-9-5-2-6-10-13/h1-10H,11H2,(H,17,19). The van der Waals surface area contributed by atoms with Crippen molar-refractivity contribution in [3.05, 3.63) is 71.8 Å². The Morgan fingerprint density at radius 1 is 0.789 bits per heavy atom. The average Bonchev–Trinajstić information content (AvgIpc) is 2.76. The van der Waals surface area contributed by atoms with Gasteiger partial charge in [-0.2, -0.15) is 0 Å². The lowest BCUT2D eigenvalue weighted by atomic mass is 9.81. The molecule has 0 spiro atoms. The molecule has 0 aliphatic carbocycles. The lowest BCUT2D eigenvalue weighted by molar-refractivity contribution is -0.122. The van der Waals surface area contributed by atoms with Crippen LogP contribution in [0.4, 0.5) is 0 Å². The number of ketones is 1. The zero-order valence-electron chi connectivity index (χ0n) is 10.3. The second-order valence-electron chi connectivity index (χ2n) is 4.63. The van der Waals surface area contributed by atoms with Gasteiger partial charge in [-0.05, 0) is 11.1 Å². The molecule has 0 aromatic heterocycles. The van der Waals surface area contributed by atoms with Gasteiger partial charge in [0, 0.05) is 0 Å². The van der Waals surface area contributed by atoms with Crippen molar-refractivity contribution in [2.45, 2.75) is 12.0 Å². The topological polar surface area (TPSA) is 46.2 Å². The molecular formula is C16H13NO2. The molecule has 0 unspecified atom stereocenters. The SMILES string of the molecule is O=C1CC(=O)C(c2ccccc2)(c2ccccc2)N1. The minimum absolute atomic E-state index is 0.0657. The fourth-order valence-electron chi connectivity index (χ4n) is 2.61. The van der Waals surface area contributed by atoms with Crippen LogP contribution in [0.15, 0.2) is 60.7 Å². The van der Waals surface area contributed by atoms with Crippen LogP contribution in [0.3, 0.4) is 0 Å². The number of amides is 1. The smallest absolute Gasteiger partial charge is 0.228 e. The summed E-state index contributed by atoms with van der Waals surface area (Å²) in [5.74, 6) is -0.326. The largest absolute Gasteiger partial charge is 0.336 e. The molecule has 94 valence electrons. The highest BCUT2D eigenvalue weighted by Gasteiger charge is 2.48. The van der Waals surface area contributed by atoms with Crippen molar-refractivity contribution in [3.8, 4) is 0 Å². The highest BCUT2D eigenvalue weighted by atomic mass is 16.2. The zero-order chi connectivity index (χ0) is 13.3. The highest BCUT2D eigenvalue weighted by Crippen LogP contribution is 2.35. The molecule has 2 aromatic rings. The van der Waals surface area contributed by atoms with Crippen LogP contribution in [-0.4, -0.2) is 11.7 Å². The van der Waals surface area contributed by atoms with E-state index in [1.807, 2.05) is 60.7 Å². The van der Waals surface area contributed by atoms with Crippen molar-refractivity contribution in [3.63, 3.8) is 0 Å². The number of hydrogen-bond donors (Lipinski definition) is 1. The van der Waals surface area contributed by atoms with E-state index in [4.69, 9.17) is 0 Å². The van der Waals surface area contributed by atoms with Crippen LogP contribution >= 0.6 is 0 Å². The van der Waals surface area contributed by atoms with Gasteiger partial charge in [0.2, 0.25) is 5.91 Å². The summed E-state index contributed by atoms with van der Waals surface area (Å²) < 4.78 is 0. The molecule has 0 radical (unpaired) electrons. The van der Waals surface area contributed by atoms with Gasteiger partial charge in [0.1, 0.15) is 0 Å². The minimum atomic E-state index is -1.03. The van der Waals surface area contributed by atoms with Crippen molar-refractivity contribution in [2.75, 3.05) is 0 Å². The normalized spacial score (nSPS) is 17.3. The van der Waals surface area contributed by atoms with Crippen LogP contribution in [0.25, 0.3) is 0 Å². The molecule has 1 aliphatic rings. The number of Topliss-reactive ketones (excluding diaryl/α,β-unsaturated/α-hetero) is 1. The summed E-state index contributed by atoms with van der Waals surface area (Å²) in [4.78, 5) is 24.1. The Hall–Kier alpha value is -2.42. The Labute approximate surface area is 111 Å². The van der Waals surface area contributed by atoms with Crippen molar-refractivity contribution >= 4 is 11.7 Å². The molecule has 3 rings (SSSR count). The van der Waals surface area contributed by atoms with Gasteiger partial charge < -0.3 is 5.32 Å². The monoisotopic (exact) mass is 251 g/mol. The van der Waals surface area contributed by atoms with E-state index in [9.17, 15) is 9.59 Å². The maximum atomic E-state index is 12.4. The quantitative estimate of drug-likeness (QED) is 0.830. The van der Waals surface area contributed by atoms with Crippen LogP contribution in [0.2, 0.25) is 0 Å². The van der Waals surface area contributed by atoms with E-state index in [-0.39, 0.29) is 18.1 Å². The van der Waals surface area contributed by atoms with Gasteiger partial charge in [0.25, 0.3) is 0 Å². The van der Waals surface area contributed by atoms with E-state index >= 15 is 0 Å². The molecule has 19 heavy (non-hydrogen) atoms. The summed E-state index contributed by atoms with van der Waals surface area (Å²) in [5.41, 5.74) is 0.577. The van der Waals surface area contributed by atoms with Crippen LogP contribution in [0, 0.1) is 0 Å². The van der Waals surface area contributed by atoms with E-state index in [0.29, 0.717) is 0 Å². The van der Waals surface area contributed by atoms with Gasteiger partial charge in [0.05, 0.1) is 6.42 Å². The molecule has 1 saturated heterocycles. The fraction of sp³-hybridized carbons (Fsp3) is 0.125. The van der Waals surface area contributed by atoms with E-state index in [1.165, 1.54) is 0 Å². The molecule has 1 N–H and O–H groups in total. The van der Waals surface area contributed by atoms with Gasteiger partial charge in [-0.1, -0.05) is 60.7 Å². The first-order chi connectivity index (χ1) is 9.23. The van der Waals surface area contributed by atoms with Crippen molar-refractivity contribution in [1.29, 1.82) is 0 Å². The Balaban J connectivity index is 2.23.